The third kappa shape index (κ3) is 5.22. The Bertz CT molecular complexity index is 813. The zero-order chi connectivity index (χ0) is 17.5. The van der Waals surface area contributed by atoms with E-state index in [0.717, 1.165) is 22.8 Å². The molecule has 2 heterocycles. The Morgan fingerprint density at radius 2 is 1.92 bits per heavy atom. The van der Waals surface area contributed by atoms with Gasteiger partial charge in [0.2, 0.25) is 0 Å². The number of furan rings is 1. The number of thioether (sulfide) groups is 1. The molecule has 0 aliphatic carbocycles. The normalized spacial score (nSPS) is 10.6. The quantitative estimate of drug-likeness (QED) is 0.687. The van der Waals surface area contributed by atoms with Crippen LogP contribution in [0.15, 0.2) is 65.3 Å². The second-order valence-corrected chi connectivity index (χ2v) is 6.77. The molecule has 2 aromatic heterocycles. The van der Waals surface area contributed by atoms with Gasteiger partial charge in [0.05, 0.1) is 5.75 Å². The largest absolute Gasteiger partial charge is 0.455 e. The summed E-state index contributed by atoms with van der Waals surface area (Å²) in [5, 5.41) is 2.84. The van der Waals surface area contributed by atoms with E-state index < -0.39 is 0 Å². The number of hydrogen-bond acceptors (Lipinski definition) is 4. The first-order valence-electron chi connectivity index (χ1n) is 8.10. The van der Waals surface area contributed by atoms with Crippen molar-refractivity contribution < 1.29 is 9.21 Å². The van der Waals surface area contributed by atoms with E-state index in [1.165, 1.54) is 11.1 Å². The summed E-state index contributed by atoms with van der Waals surface area (Å²) in [7, 11) is 0. The molecular formula is C20H20N2O2S. The maximum Gasteiger partial charge on any atom is 0.287 e. The van der Waals surface area contributed by atoms with Crippen molar-refractivity contribution in [3.63, 3.8) is 0 Å². The molecule has 0 atom stereocenters. The lowest BCUT2D eigenvalue weighted by molar-refractivity contribution is 0.0921. The first-order chi connectivity index (χ1) is 12.2. The highest BCUT2D eigenvalue weighted by Gasteiger charge is 2.11. The monoisotopic (exact) mass is 352 g/mol. The van der Waals surface area contributed by atoms with E-state index >= 15 is 0 Å². The lowest BCUT2D eigenvalue weighted by atomic mass is 10.2. The number of nitrogens with zero attached hydrogens (tertiary/aromatic N) is 1. The van der Waals surface area contributed by atoms with Crippen LogP contribution < -0.4 is 5.32 Å². The van der Waals surface area contributed by atoms with Crippen molar-refractivity contribution in [1.82, 2.24) is 10.3 Å². The van der Waals surface area contributed by atoms with Crippen molar-refractivity contribution in [2.75, 3.05) is 0 Å². The average molecular weight is 352 g/mol. The number of amides is 1. The summed E-state index contributed by atoms with van der Waals surface area (Å²) in [5.41, 5.74) is 3.51. The summed E-state index contributed by atoms with van der Waals surface area (Å²) in [4.78, 5) is 16.2. The third-order valence-electron chi connectivity index (χ3n) is 3.69. The summed E-state index contributed by atoms with van der Waals surface area (Å²) >= 11 is 1.77. The minimum atomic E-state index is -0.210. The first kappa shape index (κ1) is 17.3. The highest BCUT2D eigenvalue weighted by atomic mass is 32.2. The Hall–Kier alpha value is -2.53. The Balaban J connectivity index is 1.46. The molecule has 1 amide bonds. The fourth-order valence-corrected chi connectivity index (χ4v) is 3.19. The van der Waals surface area contributed by atoms with Gasteiger partial charge in [0.1, 0.15) is 5.76 Å². The van der Waals surface area contributed by atoms with Crippen LogP contribution in [-0.4, -0.2) is 10.9 Å². The van der Waals surface area contributed by atoms with Gasteiger partial charge in [-0.25, -0.2) is 0 Å². The van der Waals surface area contributed by atoms with Gasteiger partial charge < -0.3 is 9.73 Å². The van der Waals surface area contributed by atoms with Crippen LogP contribution in [0.3, 0.4) is 0 Å². The SMILES string of the molecule is Cc1ccc(CSCc2ccc(C(=O)NCc3cccnc3)o2)cc1. The van der Waals surface area contributed by atoms with Gasteiger partial charge in [0, 0.05) is 24.7 Å². The molecule has 4 nitrogen and oxygen atoms in total. The van der Waals surface area contributed by atoms with E-state index in [1.54, 1.807) is 30.2 Å². The predicted octanol–water partition coefficient (Wildman–Crippen LogP) is 4.35. The number of hydrogen-bond donors (Lipinski definition) is 1. The number of aromatic nitrogens is 1. The maximum atomic E-state index is 12.1. The standard InChI is InChI=1S/C20H20N2O2S/c1-15-4-6-16(7-5-15)13-25-14-18-8-9-19(24-18)20(23)22-12-17-3-2-10-21-11-17/h2-11H,12-14H2,1H3,(H,22,23). The topological polar surface area (TPSA) is 55.1 Å². The summed E-state index contributed by atoms with van der Waals surface area (Å²) in [6.45, 7) is 2.52. The molecule has 0 saturated carbocycles. The Kier molecular flexibility index (Phi) is 5.90. The van der Waals surface area contributed by atoms with Crippen LogP contribution >= 0.6 is 11.8 Å². The van der Waals surface area contributed by atoms with Crippen LogP contribution in [-0.2, 0) is 18.1 Å². The van der Waals surface area contributed by atoms with Crippen molar-refractivity contribution in [1.29, 1.82) is 0 Å². The molecule has 0 bridgehead atoms. The molecule has 0 aliphatic heterocycles. The molecule has 0 spiro atoms. The minimum absolute atomic E-state index is 0.210. The number of carbonyl (C=O) groups is 1. The van der Waals surface area contributed by atoms with E-state index in [0.29, 0.717) is 12.3 Å². The molecule has 3 rings (SSSR count). The van der Waals surface area contributed by atoms with Crippen LogP contribution in [0.4, 0.5) is 0 Å². The molecule has 0 unspecified atom stereocenters. The number of nitrogens with one attached hydrogen (secondary N) is 1. The molecule has 0 radical (unpaired) electrons. The van der Waals surface area contributed by atoms with Gasteiger partial charge in [0.15, 0.2) is 5.76 Å². The number of rotatable bonds is 7. The van der Waals surface area contributed by atoms with Gasteiger partial charge >= 0.3 is 0 Å². The second kappa shape index (κ2) is 8.53. The number of carbonyl (C=O) groups excluding carboxylic acids is 1. The van der Waals surface area contributed by atoms with Crippen molar-refractivity contribution >= 4 is 17.7 Å². The van der Waals surface area contributed by atoms with E-state index in [-0.39, 0.29) is 5.91 Å². The molecule has 3 aromatic rings. The first-order valence-corrected chi connectivity index (χ1v) is 9.25. The van der Waals surface area contributed by atoms with Crippen LogP contribution in [0, 0.1) is 6.92 Å². The number of aryl methyl sites for hydroxylation is 1. The summed E-state index contributed by atoms with van der Waals surface area (Å²) in [5.74, 6) is 2.60. The molecule has 0 saturated heterocycles. The molecule has 0 fully saturated rings. The Morgan fingerprint density at radius 3 is 2.68 bits per heavy atom. The van der Waals surface area contributed by atoms with Gasteiger partial charge in [-0.2, -0.15) is 0 Å². The highest BCUT2D eigenvalue weighted by Crippen LogP contribution is 2.20. The van der Waals surface area contributed by atoms with Crippen LogP contribution in [0.1, 0.15) is 33.0 Å². The van der Waals surface area contributed by atoms with Crippen molar-refractivity contribution in [3.8, 4) is 0 Å². The van der Waals surface area contributed by atoms with E-state index in [4.69, 9.17) is 4.42 Å². The summed E-state index contributed by atoms with van der Waals surface area (Å²) < 4.78 is 5.64. The van der Waals surface area contributed by atoms with Gasteiger partial charge in [-0.3, -0.25) is 9.78 Å². The second-order valence-electron chi connectivity index (χ2n) is 5.79. The zero-order valence-electron chi connectivity index (χ0n) is 14.1. The fraction of sp³-hybridized carbons (Fsp3) is 0.200. The predicted molar refractivity (Wildman–Crippen MR) is 100 cm³/mol. The van der Waals surface area contributed by atoms with Gasteiger partial charge in [-0.05, 0) is 36.2 Å². The minimum Gasteiger partial charge on any atom is -0.455 e. The molecule has 128 valence electrons. The Labute approximate surface area is 151 Å². The van der Waals surface area contributed by atoms with Gasteiger partial charge in [-0.1, -0.05) is 35.9 Å². The number of pyridine rings is 1. The summed E-state index contributed by atoms with van der Waals surface area (Å²) in [6.07, 6.45) is 3.44. The van der Waals surface area contributed by atoms with Gasteiger partial charge in [-0.15, -0.1) is 11.8 Å². The molecule has 1 N–H and O–H groups in total. The van der Waals surface area contributed by atoms with E-state index in [9.17, 15) is 4.79 Å². The third-order valence-corrected chi connectivity index (χ3v) is 4.72. The van der Waals surface area contributed by atoms with Crippen molar-refractivity contribution in [2.45, 2.75) is 25.0 Å². The van der Waals surface area contributed by atoms with Crippen LogP contribution in [0.5, 0.6) is 0 Å². The fourth-order valence-electron chi connectivity index (χ4n) is 2.30. The summed E-state index contributed by atoms with van der Waals surface area (Å²) in [6, 6.07) is 15.9. The molecule has 25 heavy (non-hydrogen) atoms. The molecule has 5 heteroatoms. The smallest absolute Gasteiger partial charge is 0.287 e. The van der Waals surface area contributed by atoms with Crippen molar-refractivity contribution in [3.05, 3.63) is 89.1 Å². The molecule has 1 aromatic carbocycles. The van der Waals surface area contributed by atoms with Crippen LogP contribution in [0.25, 0.3) is 0 Å². The Morgan fingerprint density at radius 1 is 1.08 bits per heavy atom. The molecule has 0 aliphatic rings. The number of benzene rings is 1. The maximum absolute atomic E-state index is 12.1. The zero-order valence-corrected chi connectivity index (χ0v) is 14.9. The van der Waals surface area contributed by atoms with E-state index in [1.807, 2.05) is 18.2 Å². The highest BCUT2D eigenvalue weighted by molar-refractivity contribution is 7.97. The molecular weight excluding hydrogens is 332 g/mol. The van der Waals surface area contributed by atoms with Crippen LogP contribution in [0.2, 0.25) is 0 Å². The van der Waals surface area contributed by atoms with E-state index in [2.05, 4.69) is 41.5 Å². The van der Waals surface area contributed by atoms with Gasteiger partial charge in [0.25, 0.3) is 5.91 Å². The average Bonchev–Trinajstić information content (AvgIpc) is 3.11. The lowest BCUT2D eigenvalue weighted by Gasteiger charge is -2.03. The van der Waals surface area contributed by atoms with Crippen molar-refractivity contribution in [2.24, 2.45) is 0 Å². The lowest BCUT2D eigenvalue weighted by Crippen LogP contribution is -2.22.